The van der Waals surface area contributed by atoms with Crippen molar-refractivity contribution in [2.45, 2.75) is 25.8 Å². The number of hydrogen-bond donors (Lipinski definition) is 1. The van der Waals surface area contributed by atoms with Crippen molar-refractivity contribution in [3.8, 4) is 17.2 Å². The lowest BCUT2D eigenvalue weighted by atomic mass is 9.83. The van der Waals surface area contributed by atoms with E-state index in [9.17, 15) is 5.26 Å². The van der Waals surface area contributed by atoms with Gasteiger partial charge in [-0.2, -0.15) is 10.2 Å². The van der Waals surface area contributed by atoms with Crippen LogP contribution in [-0.2, 0) is 0 Å². The summed E-state index contributed by atoms with van der Waals surface area (Å²) in [4.78, 5) is 11.3. The number of nitriles is 1. The number of anilines is 2. The van der Waals surface area contributed by atoms with Crippen LogP contribution in [0.5, 0.6) is 0 Å². The van der Waals surface area contributed by atoms with E-state index in [1.807, 2.05) is 50.1 Å². The number of fused-ring (bicyclic) bond motifs is 1. The molecule has 5 rings (SSSR count). The van der Waals surface area contributed by atoms with Crippen LogP contribution in [0.25, 0.3) is 22.0 Å². The highest BCUT2D eigenvalue weighted by molar-refractivity contribution is 5.90. The Morgan fingerprint density at radius 1 is 1.10 bits per heavy atom. The molecule has 154 valence electrons. The molecule has 0 saturated carbocycles. The van der Waals surface area contributed by atoms with Gasteiger partial charge in [-0.15, -0.1) is 0 Å². The van der Waals surface area contributed by atoms with Crippen LogP contribution in [0.1, 0.15) is 22.9 Å². The molecule has 1 N–H and O–H groups in total. The van der Waals surface area contributed by atoms with E-state index in [1.165, 1.54) is 0 Å². The van der Waals surface area contributed by atoms with Gasteiger partial charge in [0.25, 0.3) is 0 Å². The second kappa shape index (κ2) is 7.40. The summed E-state index contributed by atoms with van der Waals surface area (Å²) in [7, 11) is 1.85. The van der Waals surface area contributed by atoms with Crippen molar-refractivity contribution in [3.05, 3.63) is 65.5 Å². The maximum atomic E-state index is 9.88. The van der Waals surface area contributed by atoms with E-state index in [1.54, 1.807) is 0 Å². The normalized spacial score (nSPS) is 17.9. The Morgan fingerprint density at radius 3 is 2.55 bits per heavy atom. The fourth-order valence-electron chi connectivity index (χ4n) is 4.33. The summed E-state index contributed by atoms with van der Waals surface area (Å²) >= 11 is 0. The fraction of sp³-hybridized carbons (Fsp3) is 0.250. The largest absolute Gasteiger partial charge is 0.372 e. The zero-order valence-corrected chi connectivity index (χ0v) is 17.6. The van der Waals surface area contributed by atoms with E-state index in [2.05, 4.69) is 45.8 Å². The monoisotopic (exact) mass is 410 g/mol. The quantitative estimate of drug-likeness (QED) is 0.532. The van der Waals surface area contributed by atoms with Crippen LogP contribution in [0.3, 0.4) is 0 Å². The van der Waals surface area contributed by atoms with Gasteiger partial charge in [-0.1, -0.05) is 41.6 Å². The van der Waals surface area contributed by atoms with Crippen LogP contribution in [0.2, 0.25) is 0 Å². The molecule has 1 aliphatic rings. The summed E-state index contributed by atoms with van der Waals surface area (Å²) in [6.07, 6.45) is 0. The van der Waals surface area contributed by atoms with Crippen LogP contribution in [0, 0.1) is 25.2 Å². The summed E-state index contributed by atoms with van der Waals surface area (Å²) in [5.74, 6) is 2.27. The zero-order chi connectivity index (χ0) is 21.5. The standard InChI is InChI=1S/C24H22N6O/c1-14-22(15(2)31-29-14)17-10-8-16(9-11-17)19-13-30(21(19)12-25)24-27-20-7-5-4-6-18(20)23(26-3)28-24/h4-11,19,21H,13H2,1-3H3,(H,26,27,28). The molecule has 0 spiro atoms. The highest BCUT2D eigenvalue weighted by Crippen LogP contribution is 2.38. The van der Waals surface area contributed by atoms with Gasteiger partial charge >= 0.3 is 0 Å². The molecule has 31 heavy (non-hydrogen) atoms. The van der Waals surface area contributed by atoms with Gasteiger partial charge in [0.1, 0.15) is 17.6 Å². The Balaban J connectivity index is 1.42. The minimum atomic E-state index is -0.309. The lowest BCUT2D eigenvalue weighted by molar-refractivity contribution is 0.393. The number of benzene rings is 2. The molecular formula is C24H22N6O. The zero-order valence-electron chi connectivity index (χ0n) is 17.6. The van der Waals surface area contributed by atoms with Gasteiger partial charge in [-0.25, -0.2) is 4.98 Å². The number of aromatic nitrogens is 3. The molecule has 1 fully saturated rings. The van der Waals surface area contributed by atoms with Gasteiger partial charge in [-0.05, 0) is 37.1 Å². The molecule has 0 aliphatic carbocycles. The van der Waals surface area contributed by atoms with Crippen LogP contribution >= 0.6 is 0 Å². The predicted octanol–water partition coefficient (Wildman–Crippen LogP) is 4.44. The molecule has 0 bridgehead atoms. The first kappa shape index (κ1) is 19.1. The second-order valence-electron chi connectivity index (χ2n) is 7.79. The molecule has 2 unspecified atom stereocenters. The lowest BCUT2D eigenvalue weighted by Crippen LogP contribution is -2.54. The van der Waals surface area contributed by atoms with E-state index in [0.29, 0.717) is 12.5 Å². The maximum absolute atomic E-state index is 9.88. The van der Waals surface area contributed by atoms with Crippen LogP contribution in [0.15, 0.2) is 53.1 Å². The second-order valence-corrected chi connectivity index (χ2v) is 7.79. The average Bonchev–Trinajstić information content (AvgIpc) is 3.11. The first-order valence-electron chi connectivity index (χ1n) is 10.2. The van der Waals surface area contributed by atoms with Gasteiger partial charge in [0.05, 0.1) is 17.3 Å². The van der Waals surface area contributed by atoms with Gasteiger partial charge < -0.3 is 14.7 Å². The molecule has 0 amide bonds. The van der Waals surface area contributed by atoms with E-state index < -0.39 is 0 Å². The molecule has 2 aromatic heterocycles. The molecule has 2 atom stereocenters. The van der Waals surface area contributed by atoms with Crippen LogP contribution < -0.4 is 10.2 Å². The first-order chi connectivity index (χ1) is 15.1. The van der Waals surface area contributed by atoms with Crippen molar-refractivity contribution >= 4 is 22.7 Å². The topological polar surface area (TPSA) is 90.9 Å². The molecule has 0 radical (unpaired) electrons. The van der Waals surface area contributed by atoms with Crippen molar-refractivity contribution in [1.29, 1.82) is 5.26 Å². The predicted molar refractivity (Wildman–Crippen MR) is 120 cm³/mol. The molecule has 7 nitrogen and oxygen atoms in total. The third-order valence-corrected chi connectivity index (χ3v) is 5.99. The molecule has 7 heteroatoms. The number of nitrogens with zero attached hydrogens (tertiary/aromatic N) is 5. The molecular weight excluding hydrogens is 388 g/mol. The Kier molecular flexibility index (Phi) is 4.55. The minimum Gasteiger partial charge on any atom is -0.372 e. The number of nitrogens with one attached hydrogen (secondary N) is 1. The van der Waals surface area contributed by atoms with Crippen LogP contribution in [0.4, 0.5) is 11.8 Å². The van der Waals surface area contributed by atoms with Gasteiger partial charge in [0.15, 0.2) is 0 Å². The van der Waals surface area contributed by atoms with Crippen molar-refractivity contribution in [3.63, 3.8) is 0 Å². The van der Waals surface area contributed by atoms with Crippen molar-refractivity contribution < 1.29 is 4.52 Å². The Bertz CT molecular complexity index is 1280. The summed E-state index contributed by atoms with van der Waals surface area (Å²) in [6, 6.07) is 18.4. The third kappa shape index (κ3) is 3.08. The number of aryl methyl sites for hydroxylation is 2. The maximum Gasteiger partial charge on any atom is 0.229 e. The summed E-state index contributed by atoms with van der Waals surface area (Å²) in [6.45, 7) is 4.56. The number of para-hydroxylation sites is 1. The van der Waals surface area contributed by atoms with E-state index in [-0.39, 0.29) is 12.0 Å². The van der Waals surface area contributed by atoms with E-state index in [0.717, 1.165) is 44.9 Å². The van der Waals surface area contributed by atoms with Crippen LogP contribution in [-0.4, -0.2) is 34.8 Å². The van der Waals surface area contributed by atoms with Gasteiger partial charge in [0, 0.05) is 30.5 Å². The van der Waals surface area contributed by atoms with Gasteiger partial charge in [-0.3, -0.25) is 0 Å². The summed E-state index contributed by atoms with van der Waals surface area (Å²) < 4.78 is 5.29. The number of rotatable bonds is 4. The van der Waals surface area contributed by atoms with E-state index >= 15 is 0 Å². The molecule has 3 heterocycles. The van der Waals surface area contributed by atoms with Crippen molar-refractivity contribution in [1.82, 2.24) is 15.1 Å². The highest BCUT2D eigenvalue weighted by atomic mass is 16.5. The number of hydrogen-bond acceptors (Lipinski definition) is 7. The third-order valence-electron chi connectivity index (χ3n) is 5.99. The van der Waals surface area contributed by atoms with E-state index in [4.69, 9.17) is 9.51 Å². The average molecular weight is 410 g/mol. The summed E-state index contributed by atoms with van der Waals surface area (Å²) in [5.41, 5.74) is 4.97. The van der Waals surface area contributed by atoms with Crippen molar-refractivity contribution in [2.24, 2.45) is 0 Å². The Hall–Kier alpha value is -3.92. The first-order valence-corrected chi connectivity index (χ1v) is 10.2. The highest BCUT2D eigenvalue weighted by Gasteiger charge is 2.42. The smallest absolute Gasteiger partial charge is 0.229 e. The molecule has 4 aromatic rings. The minimum absolute atomic E-state index is 0.108. The van der Waals surface area contributed by atoms with Crippen molar-refractivity contribution in [2.75, 3.05) is 23.8 Å². The molecule has 2 aromatic carbocycles. The molecule has 1 aliphatic heterocycles. The van der Waals surface area contributed by atoms with Gasteiger partial charge in [0.2, 0.25) is 5.95 Å². The molecule has 1 saturated heterocycles. The Morgan fingerprint density at radius 2 is 1.87 bits per heavy atom. The fourth-order valence-corrected chi connectivity index (χ4v) is 4.33. The Labute approximate surface area is 180 Å². The SMILES string of the molecule is CNc1nc(N2CC(c3ccc(-c4c(C)noc4C)cc3)C2C#N)nc2ccccc12. The summed E-state index contributed by atoms with van der Waals surface area (Å²) in [5, 5.41) is 18.0. The lowest BCUT2D eigenvalue weighted by Gasteiger charge is -2.44.